The molecule has 1 amide bonds. The van der Waals surface area contributed by atoms with Crippen molar-refractivity contribution in [3.63, 3.8) is 0 Å². The van der Waals surface area contributed by atoms with E-state index in [0.717, 1.165) is 31.5 Å². The highest BCUT2D eigenvalue weighted by molar-refractivity contribution is 5.77. The zero-order chi connectivity index (χ0) is 17.1. The Morgan fingerprint density at radius 3 is 2.67 bits per heavy atom. The predicted molar refractivity (Wildman–Crippen MR) is 91.7 cm³/mol. The smallest absolute Gasteiger partial charge is 0.223 e. The summed E-state index contributed by atoms with van der Waals surface area (Å²) in [7, 11) is 3.62. The molecule has 2 saturated heterocycles. The van der Waals surface area contributed by atoms with Gasteiger partial charge >= 0.3 is 0 Å². The maximum Gasteiger partial charge on any atom is 0.223 e. The van der Waals surface area contributed by atoms with E-state index >= 15 is 0 Å². The van der Waals surface area contributed by atoms with Gasteiger partial charge in [-0.05, 0) is 63.4 Å². The average Bonchev–Trinajstić information content (AvgIpc) is 3.21. The van der Waals surface area contributed by atoms with Crippen molar-refractivity contribution in [2.45, 2.75) is 50.6 Å². The van der Waals surface area contributed by atoms with E-state index in [-0.39, 0.29) is 17.5 Å². The van der Waals surface area contributed by atoms with Gasteiger partial charge in [-0.2, -0.15) is 0 Å². The van der Waals surface area contributed by atoms with E-state index in [1.54, 1.807) is 6.07 Å². The third kappa shape index (κ3) is 3.56. The number of amides is 1. The molecule has 1 aromatic rings. The van der Waals surface area contributed by atoms with Crippen molar-refractivity contribution in [3.8, 4) is 5.75 Å². The maximum absolute atomic E-state index is 13.8. The SMILES string of the molecule is COc1ccc(CCC(=O)N2CCC[C@H]2[C@H]2CCCN2C)cc1F. The monoisotopic (exact) mass is 334 g/mol. The Bertz CT molecular complexity index is 593. The summed E-state index contributed by atoms with van der Waals surface area (Å²) in [5, 5.41) is 0. The first-order valence-electron chi connectivity index (χ1n) is 8.92. The van der Waals surface area contributed by atoms with Gasteiger partial charge in [-0.3, -0.25) is 4.79 Å². The Kier molecular flexibility index (Phi) is 5.39. The first-order chi connectivity index (χ1) is 11.6. The molecule has 0 N–H and O–H groups in total. The van der Waals surface area contributed by atoms with Gasteiger partial charge in [-0.15, -0.1) is 0 Å². The summed E-state index contributed by atoms with van der Waals surface area (Å²) in [5.41, 5.74) is 0.843. The molecule has 3 rings (SSSR count). The summed E-state index contributed by atoms with van der Waals surface area (Å²) in [6.07, 6.45) is 5.64. The third-order valence-electron chi connectivity index (χ3n) is 5.48. The Hall–Kier alpha value is -1.62. The number of carbonyl (C=O) groups is 1. The van der Waals surface area contributed by atoms with Gasteiger partial charge in [0.2, 0.25) is 5.91 Å². The van der Waals surface area contributed by atoms with Crippen molar-refractivity contribution in [2.75, 3.05) is 27.2 Å². The van der Waals surface area contributed by atoms with Gasteiger partial charge < -0.3 is 14.5 Å². The normalized spacial score (nSPS) is 24.5. The van der Waals surface area contributed by atoms with Crippen molar-refractivity contribution >= 4 is 5.91 Å². The minimum Gasteiger partial charge on any atom is -0.494 e. The van der Waals surface area contributed by atoms with E-state index in [2.05, 4.69) is 16.8 Å². The molecule has 0 saturated carbocycles. The molecule has 2 aliphatic heterocycles. The Labute approximate surface area is 143 Å². The average molecular weight is 334 g/mol. The van der Waals surface area contributed by atoms with Crippen LogP contribution in [0.2, 0.25) is 0 Å². The lowest BCUT2D eigenvalue weighted by molar-refractivity contribution is -0.132. The van der Waals surface area contributed by atoms with Crippen LogP contribution < -0.4 is 4.74 Å². The standard InChI is InChI=1S/C19H27FN2O2/c1-21-11-3-5-16(21)17-6-4-12-22(17)19(23)10-8-14-7-9-18(24-2)15(20)13-14/h7,9,13,16-17H,3-6,8,10-12H2,1-2H3/t16-,17+/m1/s1. The number of likely N-dealkylation sites (N-methyl/N-ethyl adjacent to an activating group) is 1. The molecule has 24 heavy (non-hydrogen) atoms. The molecule has 1 aromatic carbocycles. The number of hydrogen-bond acceptors (Lipinski definition) is 3. The molecule has 0 aliphatic carbocycles. The Morgan fingerprint density at radius 1 is 1.25 bits per heavy atom. The van der Waals surface area contributed by atoms with Crippen molar-refractivity contribution < 1.29 is 13.9 Å². The fourth-order valence-corrected chi connectivity index (χ4v) is 4.18. The summed E-state index contributed by atoms with van der Waals surface area (Å²) < 4.78 is 18.7. The van der Waals surface area contributed by atoms with Gasteiger partial charge in [0.15, 0.2) is 11.6 Å². The number of aryl methyl sites for hydroxylation is 1. The van der Waals surface area contributed by atoms with Crippen molar-refractivity contribution in [2.24, 2.45) is 0 Å². The fraction of sp³-hybridized carbons (Fsp3) is 0.632. The second-order valence-electron chi connectivity index (χ2n) is 6.96. The molecule has 2 aliphatic rings. The Morgan fingerprint density at radius 2 is 2.00 bits per heavy atom. The van der Waals surface area contributed by atoms with E-state index in [4.69, 9.17) is 4.74 Å². The first kappa shape index (κ1) is 17.2. The number of rotatable bonds is 5. The van der Waals surface area contributed by atoms with Crippen molar-refractivity contribution in [1.82, 2.24) is 9.80 Å². The highest BCUT2D eigenvalue weighted by Crippen LogP contribution is 2.29. The number of likely N-dealkylation sites (tertiary alicyclic amines) is 2. The molecule has 0 radical (unpaired) electrons. The summed E-state index contributed by atoms with van der Waals surface area (Å²) in [6.45, 7) is 2.00. The lowest BCUT2D eigenvalue weighted by Gasteiger charge is -2.33. The number of hydrogen-bond donors (Lipinski definition) is 0. The van der Waals surface area contributed by atoms with Crippen LogP contribution in [0.15, 0.2) is 18.2 Å². The third-order valence-corrected chi connectivity index (χ3v) is 5.48. The summed E-state index contributed by atoms with van der Waals surface area (Å²) in [4.78, 5) is 17.2. The Balaban J connectivity index is 1.59. The molecule has 2 heterocycles. The van der Waals surface area contributed by atoms with Gasteiger partial charge in [0.05, 0.1) is 7.11 Å². The fourth-order valence-electron chi connectivity index (χ4n) is 4.18. The number of halogens is 1. The van der Waals surface area contributed by atoms with Crippen LogP contribution in [-0.4, -0.2) is 55.0 Å². The van der Waals surface area contributed by atoms with Crippen LogP contribution in [0.1, 0.15) is 37.7 Å². The second kappa shape index (κ2) is 7.51. The maximum atomic E-state index is 13.8. The zero-order valence-electron chi connectivity index (χ0n) is 14.6. The molecule has 4 nitrogen and oxygen atoms in total. The largest absolute Gasteiger partial charge is 0.494 e. The van der Waals surface area contributed by atoms with E-state index in [0.29, 0.717) is 24.9 Å². The molecular weight excluding hydrogens is 307 g/mol. The van der Waals surface area contributed by atoms with Gasteiger partial charge in [-0.25, -0.2) is 4.39 Å². The van der Waals surface area contributed by atoms with Gasteiger partial charge in [-0.1, -0.05) is 6.07 Å². The van der Waals surface area contributed by atoms with Crippen molar-refractivity contribution in [3.05, 3.63) is 29.6 Å². The predicted octanol–water partition coefficient (Wildman–Crippen LogP) is 2.85. The molecule has 2 fully saturated rings. The quantitative estimate of drug-likeness (QED) is 0.830. The number of carbonyl (C=O) groups excluding carboxylic acids is 1. The van der Waals surface area contributed by atoms with Gasteiger partial charge in [0.1, 0.15) is 0 Å². The minimum absolute atomic E-state index is 0.203. The topological polar surface area (TPSA) is 32.8 Å². The lowest BCUT2D eigenvalue weighted by atomic mass is 10.0. The van der Waals surface area contributed by atoms with E-state index < -0.39 is 0 Å². The number of nitrogens with zero attached hydrogens (tertiary/aromatic N) is 2. The van der Waals surface area contributed by atoms with Gasteiger partial charge in [0.25, 0.3) is 0 Å². The second-order valence-corrected chi connectivity index (χ2v) is 6.96. The van der Waals surface area contributed by atoms with Crippen LogP contribution >= 0.6 is 0 Å². The minimum atomic E-state index is -0.367. The molecule has 0 aromatic heterocycles. The summed E-state index contributed by atoms with van der Waals surface area (Å²) >= 11 is 0. The number of ether oxygens (including phenoxy) is 1. The van der Waals surface area contributed by atoms with Crippen LogP contribution in [0.4, 0.5) is 4.39 Å². The highest BCUT2D eigenvalue weighted by Gasteiger charge is 2.37. The van der Waals surface area contributed by atoms with E-state index in [1.165, 1.54) is 26.0 Å². The first-order valence-corrected chi connectivity index (χ1v) is 8.92. The van der Waals surface area contributed by atoms with Crippen LogP contribution in [0.25, 0.3) is 0 Å². The number of benzene rings is 1. The van der Waals surface area contributed by atoms with Gasteiger partial charge in [0, 0.05) is 25.0 Å². The summed E-state index contributed by atoms with van der Waals surface area (Å²) in [6, 6.07) is 5.80. The van der Waals surface area contributed by atoms with Crippen LogP contribution in [0.3, 0.4) is 0 Å². The molecule has 0 unspecified atom stereocenters. The highest BCUT2D eigenvalue weighted by atomic mass is 19.1. The molecule has 0 bridgehead atoms. The number of methoxy groups -OCH3 is 1. The molecular formula is C19H27FN2O2. The van der Waals surface area contributed by atoms with Crippen LogP contribution in [0, 0.1) is 5.82 Å². The molecule has 5 heteroatoms. The van der Waals surface area contributed by atoms with Crippen LogP contribution in [-0.2, 0) is 11.2 Å². The van der Waals surface area contributed by atoms with Crippen molar-refractivity contribution in [1.29, 1.82) is 0 Å². The molecule has 2 atom stereocenters. The van der Waals surface area contributed by atoms with E-state index in [1.807, 2.05) is 6.07 Å². The summed E-state index contributed by atoms with van der Waals surface area (Å²) in [5.74, 6) is 0.0806. The lowest BCUT2D eigenvalue weighted by Crippen LogP contribution is -2.47. The zero-order valence-corrected chi connectivity index (χ0v) is 14.6. The molecule has 0 spiro atoms. The van der Waals surface area contributed by atoms with Crippen LogP contribution in [0.5, 0.6) is 5.75 Å². The van der Waals surface area contributed by atoms with E-state index in [9.17, 15) is 9.18 Å². The molecule has 132 valence electrons.